The molecule has 7 heteroatoms. The summed E-state index contributed by atoms with van der Waals surface area (Å²) in [6, 6.07) is 9.53. The maximum atomic E-state index is 13.4. The lowest BCUT2D eigenvalue weighted by Crippen LogP contribution is -2.43. The summed E-state index contributed by atoms with van der Waals surface area (Å²) in [5.74, 6) is -0.142. The molecule has 0 aliphatic carbocycles. The first-order valence-corrected chi connectivity index (χ1v) is 12.4. The lowest BCUT2D eigenvalue weighted by atomic mass is 9.96. The Hall–Kier alpha value is -1.89. The van der Waals surface area contributed by atoms with E-state index in [4.69, 9.17) is 11.6 Å². The Morgan fingerprint density at radius 3 is 2.16 bits per heavy atom. The lowest BCUT2D eigenvalue weighted by Gasteiger charge is -2.33. The van der Waals surface area contributed by atoms with Gasteiger partial charge < -0.3 is 4.90 Å². The standard InChI is InChI=1S/C24H31ClN2O3S/c1-16-14-17(2)19(4)23(18(16)3)31(29,30)27-12-10-20(11-13-27)24(28)26(5)15-21-8-6-7-9-22(21)25/h6-9,14,20H,10-13,15H2,1-5H3. The molecule has 0 bridgehead atoms. The van der Waals surface area contributed by atoms with Crippen molar-refractivity contribution in [2.45, 2.75) is 52.0 Å². The second-order valence-corrected chi connectivity index (χ2v) is 10.8. The van der Waals surface area contributed by atoms with E-state index in [0.717, 1.165) is 27.8 Å². The Kier molecular flexibility index (Phi) is 7.14. The van der Waals surface area contributed by atoms with E-state index in [2.05, 4.69) is 0 Å². The summed E-state index contributed by atoms with van der Waals surface area (Å²) in [5.41, 5.74) is 4.48. The van der Waals surface area contributed by atoms with Crippen molar-refractivity contribution < 1.29 is 13.2 Å². The average molecular weight is 463 g/mol. The summed E-state index contributed by atoms with van der Waals surface area (Å²) in [6.45, 7) is 8.78. The average Bonchev–Trinajstić information content (AvgIpc) is 2.73. The van der Waals surface area contributed by atoms with Crippen LogP contribution in [0.4, 0.5) is 0 Å². The number of hydrogen-bond acceptors (Lipinski definition) is 3. The van der Waals surface area contributed by atoms with Crippen LogP contribution in [0.1, 0.15) is 40.7 Å². The number of rotatable bonds is 5. The minimum absolute atomic E-state index is 0.0377. The van der Waals surface area contributed by atoms with Crippen molar-refractivity contribution in [2.24, 2.45) is 5.92 Å². The molecule has 0 spiro atoms. The van der Waals surface area contributed by atoms with Crippen LogP contribution in [0.2, 0.25) is 5.02 Å². The lowest BCUT2D eigenvalue weighted by molar-refractivity contribution is -0.135. The highest BCUT2D eigenvalue weighted by Crippen LogP contribution is 2.31. The fourth-order valence-corrected chi connectivity index (χ4v) is 6.55. The van der Waals surface area contributed by atoms with Crippen molar-refractivity contribution in [3.05, 3.63) is 63.2 Å². The summed E-state index contributed by atoms with van der Waals surface area (Å²) in [5, 5.41) is 0.641. The number of benzene rings is 2. The Bertz CT molecular complexity index is 1060. The molecule has 168 valence electrons. The van der Waals surface area contributed by atoms with Crippen molar-refractivity contribution in [2.75, 3.05) is 20.1 Å². The summed E-state index contributed by atoms with van der Waals surface area (Å²) < 4.78 is 28.4. The number of carbonyl (C=O) groups is 1. The Morgan fingerprint density at radius 2 is 1.61 bits per heavy atom. The van der Waals surface area contributed by atoms with Gasteiger partial charge in [0, 0.05) is 37.6 Å². The summed E-state index contributed by atoms with van der Waals surface area (Å²) >= 11 is 6.22. The number of carbonyl (C=O) groups excluding carboxylic acids is 1. The molecule has 2 aromatic rings. The third kappa shape index (κ3) is 4.81. The maximum Gasteiger partial charge on any atom is 0.243 e. The van der Waals surface area contributed by atoms with Crippen LogP contribution < -0.4 is 0 Å². The van der Waals surface area contributed by atoms with E-state index in [9.17, 15) is 13.2 Å². The quantitative estimate of drug-likeness (QED) is 0.650. The monoisotopic (exact) mass is 462 g/mol. The predicted molar refractivity (Wildman–Crippen MR) is 125 cm³/mol. The maximum absolute atomic E-state index is 13.4. The highest BCUT2D eigenvalue weighted by molar-refractivity contribution is 7.89. The molecule has 0 unspecified atom stereocenters. The molecule has 5 nitrogen and oxygen atoms in total. The molecule has 1 fully saturated rings. The number of sulfonamides is 1. The largest absolute Gasteiger partial charge is 0.341 e. The molecule has 1 saturated heterocycles. The number of halogens is 1. The zero-order valence-electron chi connectivity index (χ0n) is 18.9. The van der Waals surface area contributed by atoms with E-state index in [-0.39, 0.29) is 11.8 Å². The summed E-state index contributed by atoms with van der Waals surface area (Å²) in [7, 11) is -1.83. The number of hydrogen-bond donors (Lipinski definition) is 0. The number of amides is 1. The third-order valence-corrected chi connectivity index (χ3v) is 8.98. The summed E-state index contributed by atoms with van der Waals surface area (Å²) in [6.07, 6.45) is 1.04. The van der Waals surface area contributed by atoms with E-state index >= 15 is 0 Å². The molecule has 1 aliphatic rings. The summed E-state index contributed by atoms with van der Waals surface area (Å²) in [4.78, 5) is 15.1. The normalized spacial score (nSPS) is 15.8. The van der Waals surface area contributed by atoms with Gasteiger partial charge in [0.25, 0.3) is 0 Å². The molecule has 1 amide bonds. The molecule has 0 atom stereocenters. The number of nitrogens with zero attached hydrogens (tertiary/aromatic N) is 2. The Balaban J connectivity index is 1.71. The predicted octanol–water partition coefficient (Wildman–Crippen LogP) is 4.63. The first-order chi connectivity index (χ1) is 14.5. The van der Waals surface area contributed by atoms with Crippen molar-refractivity contribution in [1.29, 1.82) is 0 Å². The fraction of sp³-hybridized carbons (Fsp3) is 0.458. The minimum atomic E-state index is -3.60. The van der Waals surface area contributed by atoms with Crippen LogP contribution in [0.5, 0.6) is 0 Å². The molecule has 2 aromatic carbocycles. The molecular weight excluding hydrogens is 432 g/mol. The SMILES string of the molecule is Cc1cc(C)c(C)c(S(=O)(=O)N2CCC(C(=O)N(C)Cc3ccccc3Cl)CC2)c1C. The van der Waals surface area contributed by atoms with Gasteiger partial charge in [0.15, 0.2) is 0 Å². The van der Waals surface area contributed by atoms with Gasteiger partial charge in [-0.15, -0.1) is 0 Å². The molecule has 1 aliphatic heterocycles. The highest BCUT2D eigenvalue weighted by atomic mass is 35.5. The van der Waals surface area contributed by atoms with Crippen molar-refractivity contribution in [1.82, 2.24) is 9.21 Å². The Labute approximate surface area is 191 Å². The van der Waals surface area contributed by atoms with Gasteiger partial charge in [-0.1, -0.05) is 35.9 Å². The van der Waals surface area contributed by atoms with Crippen LogP contribution in [0.25, 0.3) is 0 Å². The second-order valence-electron chi connectivity index (χ2n) is 8.55. The highest BCUT2D eigenvalue weighted by Gasteiger charge is 2.35. The molecule has 3 rings (SSSR count). The van der Waals surface area contributed by atoms with Gasteiger partial charge >= 0.3 is 0 Å². The smallest absolute Gasteiger partial charge is 0.243 e. The van der Waals surface area contributed by atoms with Crippen LogP contribution >= 0.6 is 11.6 Å². The van der Waals surface area contributed by atoms with Crippen molar-refractivity contribution in [3.63, 3.8) is 0 Å². The van der Waals surface area contributed by atoms with Crippen molar-refractivity contribution in [3.8, 4) is 0 Å². The van der Waals surface area contributed by atoms with Crippen LogP contribution in [-0.4, -0.2) is 43.7 Å². The van der Waals surface area contributed by atoms with Gasteiger partial charge in [0.2, 0.25) is 15.9 Å². The van der Waals surface area contributed by atoms with Crippen LogP contribution in [0, 0.1) is 33.6 Å². The fourth-order valence-electron chi connectivity index (χ4n) is 4.31. The van der Waals surface area contributed by atoms with Gasteiger partial charge in [-0.3, -0.25) is 4.79 Å². The first-order valence-electron chi connectivity index (χ1n) is 10.6. The zero-order valence-corrected chi connectivity index (χ0v) is 20.5. The molecule has 0 aromatic heterocycles. The van der Waals surface area contributed by atoms with E-state index in [1.54, 1.807) is 16.3 Å². The van der Waals surface area contributed by atoms with E-state index in [0.29, 0.717) is 42.4 Å². The van der Waals surface area contributed by atoms with Gasteiger partial charge in [-0.25, -0.2) is 8.42 Å². The van der Waals surface area contributed by atoms with Gasteiger partial charge in [-0.05, 0) is 74.4 Å². The van der Waals surface area contributed by atoms with Gasteiger partial charge in [0.1, 0.15) is 0 Å². The number of aryl methyl sites for hydroxylation is 2. The van der Waals surface area contributed by atoms with E-state index in [1.807, 2.05) is 58.0 Å². The van der Waals surface area contributed by atoms with Gasteiger partial charge in [0.05, 0.1) is 4.90 Å². The van der Waals surface area contributed by atoms with Crippen LogP contribution in [0.3, 0.4) is 0 Å². The van der Waals surface area contributed by atoms with E-state index < -0.39 is 10.0 Å². The topological polar surface area (TPSA) is 57.7 Å². The molecule has 1 heterocycles. The van der Waals surface area contributed by atoms with Gasteiger partial charge in [-0.2, -0.15) is 4.31 Å². The minimum Gasteiger partial charge on any atom is -0.341 e. The Morgan fingerprint density at radius 1 is 1.06 bits per heavy atom. The van der Waals surface area contributed by atoms with Crippen LogP contribution in [0.15, 0.2) is 35.2 Å². The molecule has 0 radical (unpaired) electrons. The molecular formula is C24H31ClN2O3S. The third-order valence-electron chi connectivity index (χ3n) is 6.44. The van der Waals surface area contributed by atoms with E-state index in [1.165, 1.54) is 0 Å². The second kappa shape index (κ2) is 9.31. The molecule has 0 saturated carbocycles. The number of piperidine rings is 1. The molecule has 31 heavy (non-hydrogen) atoms. The van der Waals surface area contributed by atoms with Crippen LogP contribution in [-0.2, 0) is 21.4 Å². The first kappa shape index (κ1) is 23.8. The zero-order chi connectivity index (χ0) is 22.9. The molecule has 0 N–H and O–H groups in total. The van der Waals surface area contributed by atoms with Crippen molar-refractivity contribution >= 4 is 27.5 Å².